The van der Waals surface area contributed by atoms with E-state index in [0.29, 0.717) is 19.6 Å². The number of hydrogen-bond acceptors (Lipinski definition) is 6. The van der Waals surface area contributed by atoms with Gasteiger partial charge in [0.15, 0.2) is 0 Å². The number of hydrogen-bond donors (Lipinski definition) is 5. The molecule has 0 aliphatic carbocycles. The van der Waals surface area contributed by atoms with Crippen LogP contribution in [0.15, 0.2) is 36.6 Å². The van der Waals surface area contributed by atoms with Crippen LogP contribution in [0, 0.1) is 0 Å². The molecule has 0 saturated heterocycles. The summed E-state index contributed by atoms with van der Waals surface area (Å²) in [5, 5.41) is 25.5. The van der Waals surface area contributed by atoms with Crippen LogP contribution >= 0.6 is 7.82 Å². The lowest BCUT2D eigenvalue weighted by molar-refractivity contribution is 0.136. The summed E-state index contributed by atoms with van der Waals surface area (Å²) in [6.07, 6.45) is 2.45. The van der Waals surface area contributed by atoms with Crippen LogP contribution in [-0.2, 0) is 9.09 Å². The minimum absolute atomic E-state index is 0.0694. The van der Waals surface area contributed by atoms with Gasteiger partial charge >= 0.3 is 7.82 Å². The van der Waals surface area contributed by atoms with Gasteiger partial charge in [-0.05, 0) is 11.6 Å². The van der Waals surface area contributed by atoms with Gasteiger partial charge in [-0.2, -0.15) is 0 Å². The monoisotopic (exact) mass is 349 g/mol. The number of rotatable bonds is 9. The van der Waals surface area contributed by atoms with E-state index in [-0.39, 0.29) is 19.8 Å². The molecule has 0 aliphatic heterocycles. The van der Waals surface area contributed by atoms with Crippen molar-refractivity contribution in [3.63, 3.8) is 0 Å². The number of phosphoric ester groups is 1. The molecule has 0 heterocycles. The summed E-state index contributed by atoms with van der Waals surface area (Å²) in [4.78, 5) is 18.5. The summed E-state index contributed by atoms with van der Waals surface area (Å²) in [7, 11) is -4.39. The van der Waals surface area contributed by atoms with Crippen molar-refractivity contribution < 1.29 is 34.2 Å². The topological polar surface area (TPSA) is 131 Å². The smallest absolute Gasteiger partial charge is 0.412 e. The van der Waals surface area contributed by atoms with E-state index in [1.807, 2.05) is 18.2 Å². The Kier molecular flexibility index (Phi) is 12.5. The molecule has 9 heteroatoms. The summed E-state index contributed by atoms with van der Waals surface area (Å²) in [6, 6.07) is 9.06. The van der Waals surface area contributed by atoms with E-state index in [1.54, 1.807) is 17.0 Å². The van der Waals surface area contributed by atoms with E-state index in [1.165, 1.54) is 6.08 Å². The largest absolute Gasteiger partial charge is 0.524 e. The molecule has 0 saturated carbocycles. The summed E-state index contributed by atoms with van der Waals surface area (Å²) >= 11 is 0. The summed E-state index contributed by atoms with van der Waals surface area (Å²) in [5.74, 6) is 0. The first-order chi connectivity index (χ1) is 10.9. The molecule has 1 aromatic carbocycles. The number of benzene rings is 1. The van der Waals surface area contributed by atoms with Crippen molar-refractivity contribution in [2.24, 2.45) is 0 Å². The molecule has 1 aromatic rings. The lowest BCUT2D eigenvalue weighted by Crippen LogP contribution is -2.32. The fourth-order valence-electron chi connectivity index (χ4n) is 1.51. The molecular formula is C14H24NO7P. The van der Waals surface area contributed by atoms with E-state index in [2.05, 4.69) is 4.52 Å². The van der Waals surface area contributed by atoms with Crippen LogP contribution in [0.2, 0.25) is 0 Å². The van der Waals surface area contributed by atoms with Gasteiger partial charge in [0.1, 0.15) is 0 Å². The van der Waals surface area contributed by atoms with E-state index < -0.39 is 7.82 Å². The third-order valence-corrected chi connectivity index (χ3v) is 2.90. The van der Waals surface area contributed by atoms with Crippen LogP contribution in [-0.4, -0.2) is 69.5 Å². The van der Waals surface area contributed by atoms with Crippen LogP contribution in [0.5, 0.6) is 0 Å². The molecule has 8 nitrogen and oxygen atoms in total. The summed E-state index contributed by atoms with van der Waals surface area (Å²) in [6.45, 7) is 1.75. The molecule has 0 fully saturated rings. The Balaban J connectivity index is 0.000000438. The van der Waals surface area contributed by atoms with Crippen LogP contribution < -0.4 is 0 Å². The van der Waals surface area contributed by atoms with Crippen molar-refractivity contribution >= 4 is 13.9 Å². The van der Waals surface area contributed by atoms with E-state index >= 15 is 0 Å². The Morgan fingerprint density at radius 3 is 1.83 bits per heavy atom. The fourth-order valence-corrected chi connectivity index (χ4v) is 1.73. The van der Waals surface area contributed by atoms with Gasteiger partial charge in [-0.1, -0.05) is 30.3 Å². The van der Waals surface area contributed by atoms with Gasteiger partial charge < -0.3 is 19.8 Å². The molecular weight excluding hydrogens is 325 g/mol. The van der Waals surface area contributed by atoms with Gasteiger partial charge in [-0.15, -0.1) is 0 Å². The lowest BCUT2D eigenvalue weighted by atomic mass is 10.2. The first-order valence-corrected chi connectivity index (χ1v) is 8.46. The molecule has 5 N–H and O–H groups in total. The maximum Gasteiger partial charge on any atom is 0.524 e. The normalized spacial score (nSPS) is 11.4. The number of phosphoric acid groups is 1. The van der Waals surface area contributed by atoms with E-state index in [9.17, 15) is 4.57 Å². The van der Waals surface area contributed by atoms with Gasteiger partial charge in [0.2, 0.25) is 0 Å². The van der Waals surface area contributed by atoms with Crippen molar-refractivity contribution in [2.75, 3.05) is 39.5 Å². The minimum atomic E-state index is -4.39. The average Bonchev–Trinajstić information content (AvgIpc) is 2.48. The highest BCUT2D eigenvalue weighted by atomic mass is 31.2. The summed E-state index contributed by atoms with van der Waals surface area (Å²) < 4.78 is 14.4. The van der Waals surface area contributed by atoms with Gasteiger partial charge in [0.05, 0.1) is 26.1 Å². The average molecular weight is 349 g/mol. The fraction of sp³-hybridized carbons (Fsp3) is 0.429. The Labute approximate surface area is 135 Å². The standard InChI is InChI=1S/C8H9O4P.C6H15NO3/c9-13(10,11)12-7-6-8-4-2-1-3-5-8;8-4-1-7(2-5-9)3-6-10/h1-7H,(H2,9,10,11);8-10H,1-6H2. The molecule has 23 heavy (non-hydrogen) atoms. The van der Waals surface area contributed by atoms with Crippen molar-refractivity contribution in [3.05, 3.63) is 42.2 Å². The summed E-state index contributed by atoms with van der Waals surface area (Å²) in [5.41, 5.74) is 0.816. The van der Waals surface area contributed by atoms with Gasteiger partial charge in [-0.3, -0.25) is 14.7 Å². The zero-order chi connectivity index (χ0) is 17.6. The van der Waals surface area contributed by atoms with E-state index in [4.69, 9.17) is 25.1 Å². The minimum Gasteiger partial charge on any atom is -0.412 e. The van der Waals surface area contributed by atoms with Crippen molar-refractivity contribution in [1.29, 1.82) is 0 Å². The first kappa shape index (κ1) is 21.8. The predicted octanol–water partition coefficient (Wildman–Crippen LogP) is 0.0319. The molecule has 0 atom stereocenters. The molecule has 0 aromatic heterocycles. The molecule has 0 bridgehead atoms. The highest BCUT2D eigenvalue weighted by molar-refractivity contribution is 7.46. The third-order valence-electron chi connectivity index (χ3n) is 2.51. The van der Waals surface area contributed by atoms with Gasteiger partial charge in [0, 0.05) is 19.6 Å². The second-order valence-electron chi connectivity index (χ2n) is 4.32. The molecule has 0 aliphatic rings. The highest BCUT2D eigenvalue weighted by Gasteiger charge is 2.10. The zero-order valence-electron chi connectivity index (χ0n) is 12.7. The lowest BCUT2D eigenvalue weighted by Gasteiger charge is -2.17. The second kappa shape index (κ2) is 13.2. The maximum atomic E-state index is 10.2. The number of aliphatic hydroxyl groups excluding tert-OH is 3. The van der Waals surface area contributed by atoms with Crippen LogP contribution in [0.3, 0.4) is 0 Å². The number of aliphatic hydroxyl groups is 3. The zero-order valence-corrected chi connectivity index (χ0v) is 13.6. The Hall–Kier alpha value is -1.25. The Bertz CT molecular complexity index is 449. The molecule has 1 rings (SSSR count). The second-order valence-corrected chi connectivity index (χ2v) is 5.51. The maximum absolute atomic E-state index is 10.2. The highest BCUT2D eigenvalue weighted by Crippen LogP contribution is 2.36. The van der Waals surface area contributed by atoms with Gasteiger partial charge in [-0.25, -0.2) is 4.57 Å². The third kappa shape index (κ3) is 14.1. The quantitative estimate of drug-likeness (QED) is 0.312. The van der Waals surface area contributed by atoms with E-state index in [0.717, 1.165) is 11.8 Å². The number of nitrogens with zero attached hydrogens (tertiary/aromatic N) is 1. The molecule has 0 spiro atoms. The van der Waals surface area contributed by atoms with Crippen LogP contribution in [0.4, 0.5) is 0 Å². The van der Waals surface area contributed by atoms with Crippen molar-refractivity contribution in [2.45, 2.75) is 0 Å². The van der Waals surface area contributed by atoms with Crippen LogP contribution in [0.25, 0.3) is 6.08 Å². The molecule has 132 valence electrons. The molecule has 0 unspecified atom stereocenters. The van der Waals surface area contributed by atoms with Crippen molar-refractivity contribution in [1.82, 2.24) is 4.90 Å². The van der Waals surface area contributed by atoms with Gasteiger partial charge in [0.25, 0.3) is 0 Å². The molecule has 0 radical (unpaired) electrons. The Morgan fingerprint density at radius 1 is 0.957 bits per heavy atom. The molecule has 0 amide bonds. The van der Waals surface area contributed by atoms with Crippen LogP contribution in [0.1, 0.15) is 5.56 Å². The first-order valence-electron chi connectivity index (χ1n) is 6.93. The van der Waals surface area contributed by atoms with Crippen molar-refractivity contribution in [3.8, 4) is 0 Å². The Morgan fingerprint density at radius 2 is 1.43 bits per heavy atom. The predicted molar refractivity (Wildman–Crippen MR) is 86.3 cm³/mol. The SMILES string of the molecule is O=P(O)(O)OC=Cc1ccccc1.OCCN(CCO)CCO.